The van der Waals surface area contributed by atoms with E-state index in [9.17, 15) is 24.2 Å². The van der Waals surface area contributed by atoms with Gasteiger partial charge in [0.2, 0.25) is 11.9 Å². The molecule has 1 amide bonds. The molecule has 1 aromatic heterocycles. The highest BCUT2D eigenvalue weighted by molar-refractivity contribution is 5.91. The number of halogens is 1. The molecule has 8 nitrogen and oxygen atoms in total. The van der Waals surface area contributed by atoms with Crippen LogP contribution in [0.1, 0.15) is 55.8 Å². The number of H-pyrrole nitrogens is 1. The van der Waals surface area contributed by atoms with Gasteiger partial charge in [0.05, 0.1) is 31.2 Å². The first kappa shape index (κ1) is 27.0. The molecular formula is C27H32FN3O5. The van der Waals surface area contributed by atoms with Gasteiger partial charge in [0.25, 0.3) is 0 Å². The van der Waals surface area contributed by atoms with Crippen LogP contribution in [0.4, 0.5) is 10.3 Å². The average Bonchev–Trinajstić information content (AvgIpc) is 3.24. The van der Waals surface area contributed by atoms with Crippen LogP contribution in [0.5, 0.6) is 0 Å². The zero-order valence-electron chi connectivity index (χ0n) is 20.4. The maximum absolute atomic E-state index is 13.3. The van der Waals surface area contributed by atoms with Crippen molar-refractivity contribution in [3.05, 3.63) is 71.3 Å². The number of imidazole rings is 1. The van der Waals surface area contributed by atoms with Gasteiger partial charge in [-0.2, -0.15) is 0 Å². The quantitative estimate of drug-likeness (QED) is 0.256. The minimum atomic E-state index is -1.12. The van der Waals surface area contributed by atoms with Crippen LogP contribution in [0.2, 0.25) is 0 Å². The Morgan fingerprint density at radius 1 is 1.06 bits per heavy atom. The molecule has 0 spiro atoms. The fourth-order valence-corrected chi connectivity index (χ4v) is 3.91. The molecule has 36 heavy (non-hydrogen) atoms. The summed E-state index contributed by atoms with van der Waals surface area (Å²) in [4.78, 5) is 30.5. The van der Waals surface area contributed by atoms with Gasteiger partial charge in [-0.25, -0.2) is 9.37 Å². The first-order valence-corrected chi connectivity index (χ1v) is 11.9. The number of nitrogens with zero attached hydrogens (tertiary/aromatic N) is 1. The topological polar surface area (TPSA) is 136 Å². The van der Waals surface area contributed by atoms with E-state index in [-0.39, 0.29) is 36.4 Å². The summed E-state index contributed by atoms with van der Waals surface area (Å²) in [6.07, 6.45) is 0.00718. The summed E-state index contributed by atoms with van der Waals surface area (Å²) in [7, 11) is 0. The molecular weight excluding hydrogens is 465 g/mol. The number of carbonyl (C=O) groups is 2. The third-order valence-electron chi connectivity index (χ3n) is 5.81. The number of nitrogens with one attached hydrogen (secondary N) is 2. The number of anilines is 1. The highest BCUT2D eigenvalue weighted by Crippen LogP contribution is 2.27. The van der Waals surface area contributed by atoms with Gasteiger partial charge in [0, 0.05) is 5.69 Å². The molecule has 1 heterocycles. The summed E-state index contributed by atoms with van der Waals surface area (Å²) in [6.45, 7) is 4.14. The van der Waals surface area contributed by atoms with Crippen molar-refractivity contribution in [2.75, 3.05) is 5.32 Å². The Morgan fingerprint density at radius 2 is 1.78 bits per heavy atom. The van der Waals surface area contributed by atoms with Crippen LogP contribution >= 0.6 is 0 Å². The van der Waals surface area contributed by atoms with E-state index in [0.717, 1.165) is 22.3 Å². The number of carboxylic acids is 1. The molecule has 3 aromatic rings. The summed E-state index contributed by atoms with van der Waals surface area (Å²) < 4.78 is 13.3. The molecule has 9 heteroatoms. The maximum Gasteiger partial charge on any atom is 0.305 e. The van der Waals surface area contributed by atoms with Crippen LogP contribution in [0.15, 0.2) is 48.7 Å². The first-order valence-electron chi connectivity index (χ1n) is 11.9. The number of rotatable bonds is 12. The number of aliphatic hydroxyl groups excluding tert-OH is 2. The van der Waals surface area contributed by atoms with Crippen molar-refractivity contribution in [3.8, 4) is 11.1 Å². The van der Waals surface area contributed by atoms with Crippen molar-refractivity contribution in [1.82, 2.24) is 9.97 Å². The molecule has 0 saturated heterocycles. The standard InChI is InChI=1S/C27H32FN3O5/c1-16(2)19-9-17(10-20(12-19)18-3-5-21(28)6-4-18)11-25(34)31-27-29-15-22(30-27)7-8-23(32)13-24(33)14-26(35)36/h3-6,9-10,12,15-16,23-24,32-33H,7-8,11,13-14H2,1-2H3,(H,35,36)(H2,29,30,31,34). The lowest BCUT2D eigenvalue weighted by molar-refractivity contribution is -0.139. The Labute approximate surface area is 209 Å². The second kappa shape index (κ2) is 12.4. The van der Waals surface area contributed by atoms with E-state index in [4.69, 9.17) is 5.11 Å². The van der Waals surface area contributed by atoms with E-state index in [1.54, 1.807) is 18.3 Å². The Morgan fingerprint density at radius 3 is 2.44 bits per heavy atom. The highest BCUT2D eigenvalue weighted by atomic mass is 19.1. The molecule has 0 fully saturated rings. The molecule has 0 aliphatic carbocycles. The predicted octanol–water partition coefficient (Wildman–Crippen LogP) is 4.04. The average molecular weight is 498 g/mol. The van der Waals surface area contributed by atoms with Crippen LogP contribution in [0.3, 0.4) is 0 Å². The molecule has 192 valence electrons. The minimum Gasteiger partial charge on any atom is -0.481 e. The maximum atomic E-state index is 13.3. The van der Waals surface area contributed by atoms with Gasteiger partial charge in [0.15, 0.2) is 0 Å². The van der Waals surface area contributed by atoms with Gasteiger partial charge in [-0.15, -0.1) is 0 Å². The van der Waals surface area contributed by atoms with Gasteiger partial charge in [0.1, 0.15) is 5.82 Å². The zero-order chi connectivity index (χ0) is 26.2. The van der Waals surface area contributed by atoms with Crippen molar-refractivity contribution in [2.45, 2.75) is 64.1 Å². The van der Waals surface area contributed by atoms with E-state index in [0.29, 0.717) is 18.5 Å². The molecule has 0 saturated carbocycles. The second-order valence-corrected chi connectivity index (χ2v) is 9.29. The molecule has 2 aromatic carbocycles. The second-order valence-electron chi connectivity index (χ2n) is 9.29. The number of aliphatic carboxylic acids is 1. The fraction of sp³-hybridized carbons (Fsp3) is 0.370. The third-order valence-corrected chi connectivity index (χ3v) is 5.81. The van der Waals surface area contributed by atoms with Crippen molar-refractivity contribution < 1.29 is 29.3 Å². The van der Waals surface area contributed by atoms with Crippen LogP contribution in [0, 0.1) is 5.82 Å². The number of aryl methyl sites for hydroxylation is 1. The number of carboxylic acid groups (broad SMARTS) is 1. The molecule has 2 atom stereocenters. The number of carbonyl (C=O) groups excluding carboxylic acids is 1. The van der Waals surface area contributed by atoms with E-state index >= 15 is 0 Å². The molecule has 0 radical (unpaired) electrons. The largest absolute Gasteiger partial charge is 0.481 e. The molecule has 0 aliphatic heterocycles. The Hall–Kier alpha value is -3.56. The van der Waals surface area contributed by atoms with E-state index in [1.807, 2.05) is 18.2 Å². The van der Waals surface area contributed by atoms with Gasteiger partial charge >= 0.3 is 5.97 Å². The number of aliphatic hydroxyl groups is 2. The fourth-order valence-electron chi connectivity index (χ4n) is 3.91. The summed E-state index contributed by atoms with van der Waals surface area (Å²) in [5.41, 5.74) is 4.38. The molecule has 2 unspecified atom stereocenters. The van der Waals surface area contributed by atoms with E-state index in [2.05, 4.69) is 29.1 Å². The van der Waals surface area contributed by atoms with E-state index < -0.39 is 24.6 Å². The number of amides is 1. The van der Waals surface area contributed by atoms with Crippen molar-refractivity contribution in [2.24, 2.45) is 0 Å². The summed E-state index contributed by atoms with van der Waals surface area (Å²) >= 11 is 0. The summed E-state index contributed by atoms with van der Waals surface area (Å²) in [5.74, 6) is -1.14. The highest BCUT2D eigenvalue weighted by Gasteiger charge is 2.16. The summed E-state index contributed by atoms with van der Waals surface area (Å²) in [6, 6.07) is 12.2. The molecule has 0 aliphatic rings. The minimum absolute atomic E-state index is 0.0284. The summed E-state index contributed by atoms with van der Waals surface area (Å²) in [5, 5.41) is 31.1. The Balaban J connectivity index is 1.59. The van der Waals surface area contributed by atoms with E-state index in [1.165, 1.54) is 12.1 Å². The van der Waals surface area contributed by atoms with Gasteiger partial charge < -0.3 is 20.3 Å². The van der Waals surface area contributed by atoms with Crippen molar-refractivity contribution in [3.63, 3.8) is 0 Å². The van der Waals surface area contributed by atoms with Crippen LogP contribution in [0.25, 0.3) is 11.1 Å². The van der Waals surface area contributed by atoms with Crippen LogP contribution in [-0.2, 0) is 22.4 Å². The SMILES string of the molecule is CC(C)c1cc(CC(=O)Nc2ncc(CCC(O)CC(O)CC(=O)O)[nH]2)cc(-c2ccc(F)cc2)c1. The normalized spacial score (nSPS) is 12.9. The lowest BCUT2D eigenvalue weighted by Gasteiger charge is -2.13. The number of hydrogen-bond donors (Lipinski definition) is 5. The first-order chi connectivity index (χ1) is 17.1. The molecule has 5 N–H and O–H groups in total. The number of aromatic nitrogens is 2. The number of hydrogen-bond acceptors (Lipinski definition) is 5. The smallest absolute Gasteiger partial charge is 0.305 e. The molecule has 3 rings (SSSR count). The van der Waals surface area contributed by atoms with Crippen molar-refractivity contribution in [1.29, 1.82) is 0 Å². The lowest BCUT2D eigenvalue weighted by Crippen LogP contribution is -2.21. The lowest BCUT2D eigenvalue weighted by atomic mass is 9.93. The van der Waals surface area contributed by atoms with Gasteiger partial charge in [-0.1, -0.05) is 44.2 Å². The number of benzene rings is 2. The van der Waals surface area contributed by atoms with Gasteiger partial charge in [-0.05, 0) is 59.6 Å². The monoisotopic (exact) mass is 497 g/mol. The number of aromatic amines is 1. The predicted molar refractivity (Wildman–Crippen MR) is 134 cm³/mol. The molecule has 0 bridgehead atoms. The van der Waals surface area contributed by atoms with Crippen molar-refractivity contribution >= 4 is 17.8 Å². The van der Waals surface area contributed by atoms with Crippen LogP contribution in [-0.4, -0.2) is 49.4 Å². The van der Waals surface area contributed by atoms with Gasteiger partial charge in [-0.3, -0.25) is 14.9 Å². The third kappa shape index (κ3) is 8.28. The zero-order valence-corrected chi connectivity index (χ0v) is 20.4. The Bertz CT molecular complexity index is 1180. The Kier molecular flexibility index (Phi) is 9.32. The van der Waals surface area contributed by atoms with Crippen LogP contribution < -0.4 is 5.32 Å².